The van der Waals surface area contributed by atoms with Gasteiger partial charge in [-0.3, -0.25) is 0 Å². The molecule has 0 saturated heterocycles. The highest BCUT2D eigenvalue weighted by atomic mass is 15.2. The Bertz CT molecular complexity index is 2040. The highest BCUT2D eigenvalue weighted by molar-refractivity contribution is 6.86. The lowest BCUT2D eigenvalue weighted by atomic mass is 9.53. The molecule has 7 aromatic carbocycles. The minimum atomic E-state index is -0.129. The summed E-state index contributed by atoms with van der Waals surface area (Å²) in [5.74, 6) is 0. The van der Waals surface area contributed by atoms with Gasteiger partial charge >= 0.3 is 6.98 Å². The molecule has 0 spiro atoms. The van der Waals surface area contributed by atoms with Crippen molar-refractivity contribution in [2.45, 2.75) is 0 Å². The highest BCUT2D eigenvalue weighted by Crippen LogP contribution is 2.51. The number of anilines is 4. The van der Waals surface area contributed by atoms with E-state index in [-0.39, 0.29) is 6.98 Å². The van der Waals surface area contributed by atoms with Crippen LogP contribution in [0.2, 0.25) is 0 Å². The van der Waals surface area contributed by atoms with Crippen LogP contribution in [-0.2, 0) is 0 Å². The first-order chi connectivity index (χ1) is 22.4. The van der Waals surface area contributed by atoms with Gasteiger partial charge in [-0.2, -0.15) is 0 Å². The van der Waals surface area contributed by atoms with Gasteiger partial charge in [0.2, 0.25) is 0 Å². The number of benzene rings is 7. The van der Waals surface area contributed by atoms with Crippen LogP contribution in [0.3, 0.4) is 0 Å². The van der Waals surface area contributed by atoms with Gasteiger partial charge in [0.15, 0.2) is 0 Å². The van der Waals surface area contributed by atoms with Crippen LogP contribution >= 0.6 is 0 Å². The van der Waals surface area contributed by atoms with E-state index in [1.807, 2.05) is 0 Å². The third-order valence-electron chi connectivity index (χ3n) is 9.26. The molecule has 0 saturated carbocycles. The van der Waals surface area contributed by atoms with E-state index in [0.29, 0.717) is 0 Å². The van der Waals surface area contributed by atoms with E-state index in [2.05, 4.69) is 186 Å². The van der Waals surface area contributed by atoms with E-state index in [0.717, 1.165) is 0 Å². The van der Waals surface area contributed by atoms with Crippen molar-refractivity contribution in [1.82, 2.24) is 0 Å². The Morgan fingerprint density at radius 2 is 0.578 bits per heavy atom. The first kappa shape index (κ1) is 25.7. The molecule has 0 unspecified atom stereocenters. The smallest absolute Gasteiger partial charge is 0.361 e. The van der Waals surface area contributed by atoms with Gasteiger partial charge in [0, 0.05) is 45.0 Å². The normalized spacial score (nSPS) is 12.8. The third-order valence-corrected chi connectivity index (χ3v) is 9.26. The van der Waals surface area contributed by atoms with Crippen molar-refractivity contribution >= 4 is 35.2 Å². The standard InChI is InChI=1S/C42H29BN2/c1-3-16-30(17-4-1)32-20-7-11-26-38(32)44-40-28-13-9-22-34(40)36-24-15-25-37-35-23-10-14-29-41(35)45(43(44)42(36)37)39-27-12-8-21-33(39)31-18-5-2-6-19-31/h1-29H. The van der Waals surface area contributed by atoms with Crippen LogP contribution in [0.5, 0.6) is 0 Å². The molecule has 0 aromatic heterocycles. The molecule has 7 aromatic rings. The van der Waals surface area contributed by atoms with Crippen LogP contribution < -0.4 is 15.1 Å². The van der Waals surface area contributed by atoms with E-state index < -0.39 is 0 Å². The molecule has 0 bridgehead atoms. The maximum atomic E-state index is 2.58. The summed E-state index contributed by atoms with van der Waals surface area (Å²) in [6.45, 7) is -0.129. The van der Waals surface area contributed by atoms with Crippen molar-refractivity contribution in [3.63, 3.8) is 0 Å². The largest absolute Gasteiger partial charge is 0.421 e. The maximum Gasteiger partial charge on any atom is 0.421 e. The highest BCUT2D eigenvalue weighted by Gasteiger charge is 2.47. The van der Waals surface area contributed by atoms with Crippen LogP contribution in [0, 0.1) is 0 Å². The number of nitrogens with zero attached hydrogens (tertiary/aromatic N) is 2. The molecule has 0 radical (unpaired) electrons. The quantitative estimate of drug-likeness (QED) is 0.194. The molecular weight excluding hydrogens is 543 g/mol. The van der Waals surface area contributed by atoms with E-state index in [9.17, 15) is 0 Å². The minimum Gasteiger partial charge on any atom is -0.361 e. The lowest BCUT2D eigenvalue weighted by Crippen LogP contribution is -2.62. The number of hydrogen-bond acceptors (Lipinski definition) is 2. The number of rotatable bonds is 4. The Kier molecular flexibility index (Phi) is 5.95. The van der Waals surface area contributed by atoms with Crippen molar-refractivity contribution in [3.8, 4) is 44.5 Å². The maximum absolute atomic E-state index is 2.58. The lowest BCUT2D eigenvalue weighted by molar-refractivity contribution is 1.26. The molecule has 0 fully saturated rings. The predicted octanol–water partition coefficient (Wildman–Crippen LogP) is 10.4. The number of fused-ring (bicyclic) bond motifs is 4. The Morgan fingerprint density at radius 1 is 0.267 bits per heavy atom. The molecule has 0 aliphatic carbocycles. The summed E-state index contributed by atoms with van der Waals surface area (Å²) in [6, 6.07) is 63.9. The average molecular weight is 573 g/mol. The van der Waals surface area contributed by atoms with Gasteiger partial charge in [-0.1, -0.05) is 152 Å². The topological polar surface area (TPSA) is 6.48 Å². The molecule has 2 nitrogen and oxygen atoms in total. The predicted molar refractivity (Wildman–Crippen MR) is 191 cm³/mol. The zero-order valence-corrected chi connectivity index (χ0v) is 24.7. The zero-order valence-electron chi connectivity index (χ0n) is 24.7. The van der Waals surface area contributed by atoms with Crippen molar-refractivity contribution < 1.29 is 0 Å². The zero-order chi connectivity index (χ0) is 29.7. The van der Waals surface area contributed by atoms with Gasteiger partial charge < -0.3 is 9.62 Å². The monoisotopic (exact) mass is 572 g/mol. The fourth-order valence-electron chi connectivity index (χ4n) is 7.39. The van der Waals surface area contributed by atoms with E-state index in [4.69, 9.17) is 0 Å². The summed E-state index contributed by atoms with van der Waals surface area (Å²) >= 11 is 0. The van der Waals surface area contributed by atoms with Gasteiger partial charge in [-0.25, -0.2) is 0 Å². The van der Waals surface area contributed by atoms with E-state index in [1.54, 1.807) is 0 Å². The third kappa shape index (κ3) is 3.98. The van der Waals surface area contributed by atoms with Crippen molar-refractivity contribution in [3.05, 3.63) is 176 Å². The van der Waals surface area contributed by atoms with E-state index >= 15 is 0 Å². The number of hydrogen-bond donors (Lipinski definition) is 0. The second-order valence-corrected chi connectivity index (χ2v) is 11.7. The van der Waals surface area contributed by atoms with E-state index in [1.165, 1.54) is 72.7 Å². The second kappa shape index (κ2) is 10.4. The molecule has 0 atom stereocenters. The van der Waals surface area contributed by atoms with Crippen LogP contribution in [0.1, 0.15) is 0 Å². The van der Waals surface area contributed by atoms with Gasteiger partial charge in [0.25, 0.3) is 0 Å². The fourth-order valence-corrected chi connectivity index (χ4v) is 7.39. The van der Waals surface area contributed by atoms with Gasteiger partial charge in [-0.05, 0) is 52.0 Å². The Morgan fingerprint density at radius 3 is 1.00 bits per heavy atom. The van der Waals surface area contributed by atoms with Gasteiger partial charge in [0.05, 0.1) is 0 Å². The summed E-state index contributed by atoms with van der Waals surface area (Å²) in [5, 5.41) is 0. The second-order valence-electron chi connectivity index (χ2n) is 11.7. The first-order valence-electron chi connectivity index (χ1n) is 15.6. The molecule has 2 heterocycles. The summed E-state index contributed by atoms with van der Waals surface area (Å²) < 4.78 is 0. The SMILES string of the molecule is c1ccc(-c2ccccc2N2B3c4c(cccc4-c4ccccc4N3c3ccccc3-c3ccccc3)-c3ccccc32)cc1. The van der Waals surface area contributed by atoms with Crippen LogP contribution in [0.25, 0.3) is 44.5 Å². The van der Waals surface area contributed by atoms with Crippen molar-refractivity contribution in [2.24, 2.45) is 0 Å². The summed E-state index contributed by atoms with van der Waals surface area (Å²) in [5.41, 5.74) is 16.0. The average Bonchev–Trinajstić information content (AvgIpc) is 3.13. The first-order valence-corrected chi connectivity index (χ1v) is 15.6. The van der Waals surface area contributed by atoms with Crippen LogP contribution in [0.4, 0.5) is 22.7 Å². The summed E-state index contributed by atoms with van der Waals surface area (Å²) in [6.07, 6.45) is 0. The van der Waals surface area contributed by atoms with Crippen molar-refractivity contribution in [2.75, 3.05) is 9.62 Å². The molecule has 0 amide bonds. The molecule has 3 heteroatoms. The Hall–Kier alpha value is -5.80. The molecular formula is C42H29BN2. The molecule has 45 heavy (non-hydrogen) atoms. The molecule has 2 aliphatic rings. The van der Waals surface area contributed by atoms with Gasteiger partial charge in [0.1, 0.15) is 0 Å². The summed E-state index contributed by atoms with van der Waals surface area (Å²) in [7, 11) is 0. The molecule has 0 N–H and O–H groups in total. The number of para-hydroxylation sites is 4. The molecule has 210 valence electrons. The Balaban J connectivity index is 1.40. The molecule has 2 aliphatic heterocycles. The van der Waals surface area contributed by atoms with Crippen molar-refractivity contribution in [1.29, 1.82) is 0 Å². The Labute approximate surface area is 264 Å². The van der Waals surface area contributed by atoms with Crippen LogP contribution in [-0.4, -0.2) is 6.98 Å². The molecule has 9 rings (SSSR count). The fraction of sp³-hybridized carbons (Fsp3) is 0. The van der Waals surface area contributed by atoms with Crippen LogP contribution in [0.15, 0.2) is 176 Å². The minimum absolute atomic E-state index is 0.129. The lowest BCUT2D eigenvalue weighted by Gasteiger charge is -2.48. The summed E-state index contributed by atoms with van der Waals surface area (Å²) in [4.78, 5) is 5.17. The van der Waals surface area contributed by atoms with Gasteiger partial charge in [-0.15, -0.1) is 0 Å².